The molecule has 0 saturated heterocycles. The third-order valence-corrected chi connectivity index (χ3v) is 2.09. The van der Waals surface area contributed by atoms with Gasteiger partial charge in [0, 0.05) is 0 Å². The zero-order chi connectivity index (χ0) is 11.9. The predicted molar refractivity (Wildman–Crippen MR) is 47.6 cm³/mol. The first-order valence-corrected chi connectivity index (χ1v) is 5.95. The zero-order valence-corrected chi connectivity index (χ0v) is 9.54. The van der Waals surface area contributed by atoms with E-state index in [4.69, 9.17) is 25.7 Å². The van der Waals surface area contributed by atoms with E-state index in [0.717, 1.165) is 0 Å². The van der Waals surface area contributed by atoms with Crippen LogP contribution in [0.2, 0.25) is 5.32 Å². The third-order valence-electron chi connectivity index (χ3n) is 0.763. The molecule has 0 aromatic rings. The molecule has 0 fully saturated rings. The quantitative estimate of drug-likeness (QED) is 0.312. The maximum Gasteiger partial charge on any atom is 0.433 e. The van der Waals surface area contributed by atoms with Crippen molar-refractivity contribution in [3.63, 3.8) is 0 Å². The van der Waals surface area contributed by atoms with Crippen molar-refractivity contribution in [1.29, 1.82) is 0 Å². The van der Waals surface area contributed by atoms with Gasteiger partial charge in [0.1, 0.15) is 0 Å². The summed E-state index contributed by atoms with van der Waals surface area (Å²) in [5.41, 5.74) is 2.91. The number of aliphatic carboxylic acids is 1. The van der Waals surface area contributed by atoms with Crippen molar-refractivity contribution in [1.82, 2.24) is 0 Å². The molecule has 0 aromatic carbocycles. The molecule has 6 N–H and O–H groups in total. The Bertz CT molecular complexity index is 250. The molecule has 0 aliphatic heterocycles. The fraction of sp³-hybridized carbons (Fsp3) is 0.500. The van der Waals surface area contributed by atoms with Gasteiger partial charge in [-0.25, -0.2) is 9.36 Å². The first kappa shape index (κ1) is 16.0. The second-order valence-electron chi connectivity index (χ2n) is 1.95. The SMILES string of the molecule is NC(C[SeH])C(=O)O.O=C(O)P(=O)(O)O. The molecule has 1 atom stereocenters. The van der Waals surface area contributed by atoms with Crippen molar-refractivity contribution < 1.29 is 34.2 Å². The Labute approximate surface area is 87.1 Å². The molecule has 0 amide bonds. The number of carboxylic acids is 1. The number of hydrogen-bond acceptors (Lipinski definition) is 4. The van der Waals surface area contributed by atoms with Gasteiger partial charge in [-0.3, -0.25) is 0 Å². The van der Waals surface area contributed by atoms with Gasteiger partial charge < -0.3 is 14.9 Å². The van der Waals surface area contributed by atoms with Gasteiger partial charge in [-0.2, -0.15) is 0 Å². The molecule has 0 aliphatic carbocycles. The van der Waals surface area contributed by atoms with Crippen LogP contribution in [0, 0.1) is 0 Å². The van der Waals surface area contributed by atoms with E-state index in [1.807, 2.05) is 0 Å². The number of carboxylic acid groups (broad SMARTS) is 2. The standard InChI is InChI=1S/C3H7NO2Se.CH3O5P/c4-2(1-7)3(5)6;2-1(3)7(4,5)6/h2,7H,1,4H2,(H,5,6);(H,2,3)(H2,4,5,6). The van der Waals surface area contributed by atoms with Crippen LogP contribution < -0.4 is 5.73 Å². The van der Waals surface area contributed by atoms with Crippen molar-refractivity contribution in [3.8, 4) is 0 Å². The van der Waals surface area contributed by atoms with Gasteiger partial charge in [0.15, 0.2) is 0 Å². The summed E-state index contributed by atoms with van der Waals surface area (Å²) in [5, 5.41) is 16.0. The van der Waals surface area contributed by atoms with Gasteiger partial charge in [-0.1, -0.05) is 0 Å². The summed E-state index contributed by atoms with van der Waals surface area (Å²) in [6.45, 7) is 0. The first-order valence-electron chi connectivity index (χ1n) is 3.01. The van der Waals surface area contributed by atoms with Crippen LogP contribution in [-0.4, -0.2) is 53.7 Å². The number of nitrogens with two attached hydrogens (primary N) is 1. The minimum atomic E-state index is -4.82. The van der Waals surface area contributed by atoms with Gasteiger partial charge in [0.2, 0.25) is 0 Å². The molecule has 0 saturated carbocycles. The van der Waals surface area contributed by atoms with Gasteiger partial charge >= 0.3 is 62.3 Å². The maximum absolute atomic E-state index is 9.80. The molecule has 10 heteroatoms. The molecule has 0 aliphatic rings. The number of carbonyl (C=O) groups is 2. The summed E-state index contributed by atoms with van der Waals surface area (Å²) in [6.07, 6.45) is 0. The Balaban J connectivity index is 0. The fourth-order valence-corrected chi connectivity index (χ4v) is 0.406. The van der Waals surface area contributed by atoms with Crippen LogP contribution in [0.1, 0.15) is 0 Å². The van der Waals surface area contributed by atoms with Crippen LogP contribution in [0.3, 0.4) is 0 Å². The molecule has 0 radical (unpaired) electrons. The van der Waals surface area contributed by atoms with Crippen LogP contribution >= 0.6 is 7.60 Å². The summed E-state index contributed by atoms with van der Waals surface area (Å²) < 4.78 is 9.43. The molecule has 0 rings (SSSR count). The van der Waals surface area contributed by atoms with E-state index in [2.05, 4.69) is 16.0 Å². The van der Waals surface area contributed by atoms with Crippen LogP contribution in [0.25, 0.3) is 0 Å². The fourth-order valence-electron chi connectivity index (χ4n) is 0.0781. The van der Waals surface area contributed by atoms with Crippen molar-refractivity contribution in [2.24, 2.45) is 5.73 Å². The van der Waals surface area contributed by atoms with Crippen molar-refractivity contribution in [3.05, 3.63) is 0 Å². The Morgan fingerprint density at radius 2 is 1.64 bits per heavy atom. The summed E-state index contributed by atoms with van der Waals surface area (Å²) >= 11 is 2.13. The first-order chi connectivity index (χ1) is 6.12. The molecular formula is C4H10NO7PSe. The van der Waals surface area contributed by atoms with Crippen molar-refractivity contribution in [2.45, 2.75) is 11.4 Å². The van der Waals surface area contributed by atoms with E-state index in [9.17, 15) is 14.2 Å². The normalized spacial score (nSPS) is 12.3. The molecule has 84 valence electrons. The third kappa shape index (κ3) is 9.66. The smallest absolute Gasteiger partial charge is 0.433 e. The second-order valence-corrected chi connectivity index (χ2v) is 4.19. The van der Waals surface area contributed by atoms with Crippen molar-refractivity contribution in [2.75, 3.05) is 0 Å². The molecule has 0 spiro atoms. The largest absolute Gasteiger partial charge is 0.472 e. The van der Waals surface area contributed by atoms with Crippen molar-refractivity contribution >= 4 is 35.3 Å². The summed E-state index contributed by atoms with van der Waals surface area (Å²) in [4.78, 5) is 34.3. The molecule has 1 unspecified atom stereocenters. The summed E-state index contributed by atoms with van der Waals surface area (Å²) in [6, 6.07) is -0.708. The second kappa shape index (κ2) is 6.94. The Hall–Kier alpha value is -0.431. The average Bonchev–Trinajstić information content (AvgIpc) is 2.02. The Morgan fingerprint density at radius 3 is 1.64 bits per heavy atom. The summed E-state index contributed by atoms with van der Waals surface area (Å²) in [7, 11) is -4.82. The van der Waals surface area contributed by atoms with Crippen LogP contribution in [-0.2, 0) is 9.36 Å². The topological polar surface area (TPSA) is 158 Å². The van der Waals surface area contributed by atoms with Crippen LogP contribution in [0.4, 0.5) is 4.79 Å². The molecule has 8 nitrogen and oxygen atoms in total. The van der Waals surface area contributed by atoms with E-state index in [0.29, 0.717) is 5.32 Å². The zero-order valence-electron chi connectivity index (χ0n) is 6.77. The summed E-state index contributed by atoms with van der Waals surface area (Å²) in [5.74, 6) is -0.944. The molecule has 0 bridgehead atoms. The Kier molecular flexibility index (Phi) is 7.94. The molecule has 0 heterocycles. The van der Waals surface area contributed by atoms with Gasteiger partial charge in [0.25, 0.3) is 0 Å². The molecule has 0 aromatic heterocycles. The van der Waals surface area contributed by atoms with Gasteiger partial charge in [-0.05, 0) is 0 Å². The van der Waals surface area contributed by atoms with E-state index < -0.39 is 25.3 Å². The predicted octanol–water partition coefficient (Wildman–Crippen LogP) is -1.44. The van der Waals surface area contributed by atoms with Gasteiger partial charge in [-0.15, -0.1) is 0 Å². The van der Waals surface area contributed by atoms with E-state index in [1.165, 1.54) is 0 Å². The number of rotatable bonds is 3. The molecular weight excluding hydrogens is 284 g/mol. The van der Waals surface area contributed by atoms with E-state index >= 15 is 0 Å². The molecule has 14 heavy (non-hydrogen) atoms. The van der Waals surface area contributed by atoms with Crippen LogP contribution in [0.15, 0.2) is 0 Å². The van der Waals surface area contributed by atoms with Gasteiger partial charge in [0.05, 0.1) is 0 Å². The minimum Gasteiger partial charge on any atom is -0.472 e. The average molecular weight is 294 g/mol. The number of hydrogen-bond donors (Lipinski definition) is 5. The maximum atomic E-state index is 9.80. The van der Waals surface area contributed by atoms with E-state index in [1.54, 1.807) is 0 Å². The minimum absolute atomic E-state index is 0.433. The van der Waals surface area contributed by atoms with Crippen LogP contribution in [0.5, 0.6) is 0 Å². The van der Waals surface area contributed by atoms with E-state index in [-0.39, 0.29) is 0 Å². The Morgan fingerprint density at radius 1 is 1.36 bits per heavy atom. The monoisotopic (exact) mass is 295 g/mol.